The highest BCUT2D eigenvalue weighted by Crippen LogP contribution is 2.23. The van der Waals surface area contributed by atoms with Gasteiger partial charge in [0.05, 0.1) is 26.1 Å². The zero-order chi connectivity index (χ0) is 33.8. The molecule has 0 atom stereocenters. The van der Waals surface area contributed by atoms with Crippen molar-refractivity contribution in [2.45, 2.75) is 39.5 Å². The summed E-state index contributed by atoms with van der Waals surface area (Å²) in [6, 6.07) is 24.6. The maximum Gasteiger partial charge on any atom is 0.310 e. The molecule has 0 saturated carbocycles. The van der Waals surface area contributed by atoms with Gasteiger partial charge in [0.25, 0.3) is 0 Å². The highest BCUT2D eigenvalue weighted by atomic mass is 16.5. The van der Waals surface area contributed by atoms with Crippen LogP contribution < -0.4 is 4.74 Å². The van der Waals surface area contributed by atoms with Crippen molar-refractivity contribution in [3.63, 3.8) is 0 Å². The molecule has 0 radical (unpaired) electrons. The van der Waals surface area contributed by atoms with Crippen LogP contribution in [0.15, 0.2) is 97.1 Å². The van der Waals surface area contributed by atoms with Gasteiger partial charge < -0.3 is 14.2 Å². The third-order valence-corrected chi connectivity index (χ3v) is 6.94. The number of ketones is 4. The van der Waals surface area contributed by atoms with Gasteiger partial charge in [0.2, 0.25) is 23.1 Å². The fourth-order valence-electron chi connectivity index (χ4n) is 4.42. The number of esters is 2. The Morgan fingerprint density at radius 2 is 0.702 bits per heavy atom. The van der Waals surface area contributed by atoms with Crippen molar-refractivity contribution in [3.05, 3.63) is 130 Å². The second-order valence-corrected chi connectivity index (χ2v) is 10.7. The quantitative estimate of drug-likeness (QED) is 0.0760. The first-order valence-electron chi connectivity index (χ1n) is 15.2. The second kappa shape index (κ2) is 16.6. The summed E-state index contributed by atoms with van der Waals surface area (Å²) >= 11 is 0. The molecule has 0 heterocycles. The third-order valence-electron chi connectivity index (χ3n) is 6.94. The maximum atomic E-state index is 12.8. The Morgan fingerprint density at radius 3 is 0.979 bits per heavy atom. The molecule has 0 N–H and O–H groups in total. The van der Waals surface area contributed by atoms with E-state index in [4.69, 9.17) is 14.2 Å². The molecule has 4 rings (SSSR count). The number of Topliss-reactive ketones (excluding diaryl/α,β-unsaturated/α-hetero) is 4. The van der Waals surface area contributed by atoms with Crippen LogP contribution in [0.4, 0.5) is 0 Å². The lowest BCUT2D eigenvalue weighted by Gasteiger charge is -2.08. The van der Waals surface area contributed by atoms with Crippen LogP contribution in [0.25, 0.3) is 0 Å². The molecule has 4 aromatic rings. The Kier molecular flexibility index (Phi) is 12.0. The maximum absolute atomic E-state index is 12.8. The summed E-state index contributed by atoms with van der Waals surface area (Å²) in [6.45, 7) is 4.51. The molecule has 240 valence electrons. The molecule has 9 heteroatoms. The first kappa shape index (κ1) is 34.2. The average molecular weight is 635 g/mol. The molecule has 0 spiro atoms. The normalized spacial score (nSPS) is 10.5. The van der Waals surface area contributed by atoms with Crippen molar-refractivity contribution in [3.8, 4) is 11.5 Å². The van der Waals surface area contributed by atoms with Crippen LogP contribution in [0.5, 0.6) is 11.5 Å². The van der Waals surface area contributed by atoms with E-state index in [0.717, 1.165) is 12.8 Å². The second-order valence-electron chi connectivity index (χ2n) is 10.7. The molecule has 0 unspecified atom stereocenters. The van der Waals surface area contributed by atoms with Gasteiger partial charge in [0, 0.05) is 22.3 Å². The van der Waals surface area contributed by atoms with Crippen LogP contribution in [-0.4, -0.2) is 48.3 Å². The van der Waals surface area contributed by atoms with E-state index < -0.39 is 23.1 Å². The van der Waals surface area contributed by atoms with E-state index >= 15 is 0 Å². The summed E-state index contributed by atoms with van der Waals surface area (Å²) in [7, 11) is 0. The Labute approximate surface area is 272 Å². The molecule has 0 aliphatic carbocycles. The van der Waals surface area contributed by atoms with E-state index in [9.17, 15) is 28.8 Å². The van der Waals surface area contributed by atoms with Gasteiger partial charge in [-0.15, -0.1) is 0 Å². The predicted octanol–water partition coefficient (Wildman–Crippen LogP) is 6.60. The highest BCUT2D eigenvalue weighted by Gasteiger charge is 2.20. The number of carbonyl (C=O) groups is 6. The fraction of sp³-hybridized carbons (Fsp3) is 0.211. The Bertz CT molecular complexity index is 1600. The monoisotopic (exact) mass is 634 g/mol. The van der Waals surface area contributed by atoms with Gasteiger partial charge in [-0.2, -0.15) is 0 Å². The lowest BCUT2D eigenvalue weighted by Crippen LogP contribution is -2.15. The molecule has 0 aromatic heterocycles. The first-order valence-corrected chi connectivity index (χ1v) is 15.2. The summed E-state index contributed by atoms with van der Waals surface area (Å²) in [5.41, 5.74) is 2.12. The fourth-order valence-corrected chi connectivity index (χ4v) is 4.42. The number of benzene rings is 4. The molecule has 0 bridgehead atoms. The summed E-state index contributed by atoms with van der Waals surface area (Å²) in [5.74, 6) is -2.68. The number of carbonyl (C=O) groups excluding carboxylic acids is 6. The molecular formula is C38H34O9. The minimum absolute atomic E-state index is 0.0798. The molecule has 9 nitrogen and oxygen atoms in total. The van der Waals surface area contributed by atoms with Crippen LogP contribution in [0.1, 0.15) is 79.2 Å². The topological polar surface area (TPSA) is 130 Å². The van der Waals surface area contributed by atoms with Crippen molar-refractivity contribution >= 4 is 35.1 Å². The van der Waals surface area contributed by atoms with E-state index in [0.29, 0.717) is 35.8 Å². The zero-order valence-electron chi connectivity index (χ0n) is 26.2. The lowest BCUT2D eigenvalue weighted by atomic mass is 10.00. The number of hydrogen-bond donors (Lipinski definition) is 0. The van der Waals surface area contributed by atoms with Crippen molar-refractivity contribution in [1.82, 2.24) is 0 Å². The molecular weight excluding hydrogens is 600 g/mol. The van der Waals surface area contributed by atoms with Gasteiger partial charge in [-0.1, -0.05) is 62.4 Å². The Balaban J connectivity index is 1.31. The summed E-state index contributed by atoms with van der Waals surface area (Å²) < 4.78 is 15.9. The van der Waals surface area contributed by atoms with Crippen LogP contribution in [0, 0.1) is 0 Å². The van der Waals surface area contributed by atoms with E-state index in [2.05, 4.69) is 0 Å². The minimum atomic E-state index is -0.691. The van der Waals surface area contributed by atoms with Crippen molar-refractivity contribution in [2.24, 2.45) is 0 Å². The Morgan fingerprint density at radius 1 is 0.426 bits per heavy atom. The molecule has 0 aliphatic rings. The van der Waals surface area contributed by atoms with E-state index in [1.165, 1.54) is 48.5 Å². The van der Waals surface area contributed by atoms with E-state index in [1.54, 1.807) is 48.5 Å². The molecule has 0 amide bonds. The van der Waals surface area contributed by atoms with Crippen LogP contribution in [-0.2, 0) is 31.9 Å². The largest absolute Gasteiger partial charge is 0.465 e. The molecule has 47 heavy (non-hydrogen) atoms. The zero-order valence-corrected chi connectivity index (χ0v) is 26.2. The SMILES string of the molecule is CCCOC(=O)Cc1ccc(C(=O)C(=O)c2ccc(Oc3ccc(C(=O)C(=O)c4ccc(CC(=O)OCCC)cc4)cc3)cc2)cc1. The smallest absolute Gasteiger partial charge is 0.310 e. The summed E-state index contributed by atoms with van der Waals surface area (Å²) in [5, 5.41) is 0. The molecule has 0 fully saturated rings. The molecule has 0 aliphatic heterocycles. The van der Waals surface area contributed by atoms with E-state index in [-0.39, 0.29) is 47.0 Å². The van der Waals surface area contributed by atoms with Gasteiger partial charge in [-0.05, 0) is 72.5 Å². The van der Waals surface area contributed by atoms with Crippen LogP contribution >= 0.6 is 0 Å². The minimum Gasteiger partial charge on any atom is -0.465 e. The first-order chi connectivity index (χ1) is 22.7. The predicted molar refractivity (Wildman–Crippen MR) is 173 cm³/mol. The van der Waals surface area contributed by atoms with Gasteiger partial charge in [-0.25, -0.2) is 0 Å². The lowest BCUT2D eigenvalue weighted by molar-refractivity contribution is -0.143. The summed E-state index contributed by atoms with van der Waals surface area (Å²) in [4.78, 5) is 74.7. The third kappa shape index (κ3) is 9.64. The van der Waals surface area contributed by atoms with Crippen molar-refractivity contribution < 1.29 is 43.0 Å². The Hall–Kier alpha value is -5.70. The van der Waals surface area contributed by atoms with Crippen molar-refractivity contribution in [2.75, 3.05) is 13.2 Å². The van der Waals surface area contributed by atoms with Gasteiger partial charge in [0.15, 0.2) is 0 Å². The molecule has 0 saturated heterocycles. The van der Waals surface area contributed by atoms with Gasteiger partial charge in [0.1, 0.15) is 11.5 Å². The van der Waals surface area contributed by atoms with Crippen LogP contribution in [0.2, 0.25) is 0 Å². The average Bonchev–Trinajstić information content (AvgIpc) is 3.10. The van der Waals surface area contributed by atoms with Crippen LogP contribution in [0.3, 0.4) is 0 Å². The molecule has 4 aromatic carbocycles. The van der Waals surface area contributed by atoms with Gasteiger partial charge >= 0.3 is 11.9 Å². The highest BCUT2D eigenvalue weighted by molar-refractivity contribution is 6.49. The van der Waals surface area contributed by atoms with E-state index in [1.807, 2.05) is 13.8 Å². The van der Waals surface area contributed by atoms with Gasteiger partial charge in [-0.3, -0.25) is 28.8 Å². The standard InChI is InChI=1S/C38H34O9/c1-3-21-45-33(39)23-25-5-9-27(10-6-25)35(41)37(43)29-13-17-31(18-14-29)47-32-19-15-30(16-20-32)38(44)36(42)28-11-7-26(8-12-28)24-34(40)46-22-4-2/h5-20H,3-4,21-24H2,1-2H3. The summed E-state index contributed by atoms with van der Waals surface area (Å²) in [6.07, 6.45) is 1.62. The van der Waals surface area contributed by atoms with Crippen molar-refractivity contribution in [1.29, 1.82) is 0 Å². The number of rotatable bonds is 16. The number of ether oxygens (including phenoxy) is 3. The number of hydrogen-bond acceptors (Lipinski definition) is 9.